The number of ether oxygens (including phenoxy) is 2. The smallest absolute Gasteiger partial charge is 0.545 e. The minimum absolute atomic E-state index is 0. The monoisotopic (exact) mass is 560 g/mol. The van der Waals surface area contributed by atoms with Gasteiger partial charge in [0.25, 0.3) is 11.6 Å². The summed E-state index contributed by atoms with van der Waals surface area (Å²) < 4.78 is 11.9. The van der Waals surface area contributed by atoms with Crippen LogP contribution in [0.2, 0.25) is 0 Å². The number of nitro groups is 1. The number of aliphatic carboxylic acids is 1. The maximum Gasteiger partial charge on any atom is 1.00 e. The number of benzene rings is 1. The van der Waals surface area contributed by atoms with E-state index in [1.54, 1.807) is 26.0 Å². The second-order valence-corrected chi connectivity index (χ2v) is 10.4. The fraction of sp³-hybridized carbons (Fsp3) is 0.429. The van der Waals surface area contributed by atoms with E-state index in [9.17, 15) is 34.4 Å². The van der Waals surface area contributed by atoms with E-state index in [1.807, 2.05) is 0 Å². The van der Waals surface area contributed by atoms with E-state index in [0.29, 0.717) is 24.1 Å². The average molecular weight is 561 g/mol. The van der Waals surface area contributed by atoms with Gasteiger partial charge in [-0.05, 0) is 69.7 Å². The van der Waals surface area contributed by atoms with Crippen LogP contribution in [0.4, 0.5) is 11.4 Å². The van der Waals surface area contributed by atoms with Crippen LogP contribution in [0.25, 0.3) is 0 Å². The quantitative estimate of drug-likeness (QED) is 0.120. The number of carbonyl (C=O) groups excluding carboxylic acids is 4. The summed E-state index contributed by atoms with van der Waals surface area (Å²) in [4.78, 5) is 60.3. The summed E-state index contributed by atoms with van der Waals surface area (Å²) in [5.41, 5.74) is -2.96. The largest absolute Gasteiger partial charge is 1.00 e. The van der Waals surface area contributed by atoms with Gasteiger partial charge in [0.05, 0.1) is 10.9 Å². The zero-order valence-electron chi connectivity index (χ0n) is 22.9. The number of esters is 2. The van der Waals surface area contributed by atoms with Gasteiger partial charge in [0.1, 0.15) is 16.6 Å². The van der Waals surface area contributed by atoms with Crippen LogP contribution in [0.3, 0.4) is 0 Å². The third kappa shape index (κ3) is 5.50. The van der Waals surface area contributed by atoms with E-state index >= 15 is 0 Å². The van der Waals surface area contributed by atoms with Crippen LogP contribution in [-0.4, -0.2) is 39.9 Å². The molecular formula is C28H29N2NaO9. The molecule has 0 aromatic heterocycles. The van der Waals surface area contributed by atoms with E-state index < -0.39 is 51.3 Å². The first-order valence-electron chi connectivity index (χ1n) is 12.6. The minimum Gasteiger partial charge on any atom is -0.545 e. The number of hydrogen-bond acceptors (Lipinski definition) is 9. The van der Waals surface area contributed by atoms with Gasteiger partial charge in [0, 0.05) is 36.2 Å². The van der Waals surface area contributed by atoms with Crippen LogP contribution in [-0.2, 0) is 28.7 Å². The minimum atomic E-state index is -1.32. The molecule has 1 heterocycles. The van der Waals surface area contributed by atoms with Crippen molar-refractivity contribution in [1.82, 2.24) is 0 Å². The maximum atomic E-state index is 13.6. The fourth-order valence-corrected chi connectivity index (χ4v) is 6.22. The third-order valence-electron chi connectivity index (χ3n) is 8.15. The van der Waals surface area contributed by atoms with Crippen LogP contribution in [0, 0.1) is 21.4 Å². The van der Waals surface area contributed by atoms with Gasteiger partial charge >= 0.3 is 41.5 Å². The van der Waals surface area contributed by atoms with E-state index in [4.69, 9.17) is 9.47 Å². The molecule has 3 aliphatic rings. The number of rotatable bonds is 7. The number of anilines is 1. The Labute approximate surface area is 253 Å². The average Bonchev–Trinajstić information content (AvgIpc) is 3.00. The maximum absolute atomic E-state index is 13.6. The number of carboxylic acid groups (broad SMARTS) is 1. The second-order valence-electron chi connectivity index (χ2n) is 10.4. The van der Waals surface area contributed by atoms with Gasteiger partial charge in [-0.25, -0.2) is 0 Å². The van der Waals surface area contributed by atoms with Crippen molar-refractivity contribution in [3.63, 3.8) is 0 Å². The van der Waals surface area contributed by atoms with Crippen molar-refractivity contribution in [2.45, 2.75) is 64.1 Å². The molecule has 1 aromatic rings. The normalized spacial score (nSPS) is 29.3. The molecule has 0 radical (unpaired) electrons. The molecule has 206 valence electrons. The first kappa shape index (κ1) is 31.3. The number of cyclic esters (lactones) is 1. The molecule has 1 amide bonds. The molecule has 1 aromatic carbocycles. The Morgan fingerprint density at radius 2 is 1.85 bits per heavy atom. The Bertz CT molecular complexity index is 1340. The Morgan fingerprint density at radius 1 is 1.18 bits per heavy atom. The number of allylic oxidation sites excluding steroid dienone is 3. The van der Waals surface area contributed by atoms with Gasteiger partial charge in [-0.2, -0.15) is 0 Å². The summed E-state index contributed by atoms with van der Waals surface area (Å²) in [5, 5.41) is 25.1. The van der Waals surface area contributed by atoms with Crippen LogP contribution in [0.15, 0.2) is 59.7 Å². The number of non-ortho nitro benzene ring substituents is 1. The predicted octanol–water partition coefficient (Wildman–Crippen LogP) is -0.0862. The van der Waals surface area contributed by atoms with Crippen molar-refractivity contribution in [3.8, 4) is 0 Å². The Kier molecular flexibility index (Phi) is 9.12. The Balaban J connectivity index is 0.00000441. The van der Waals surface area contributed by atoms with E-state index in [2.05, 4.69) is 5.32 Å². The zero-order chi connectivity index (χ0) is 28.6. The SMILES string of the molecule is CC(=O)O[C@]12CCC(C(=O)[O-])=CC[C@]13CC[C@H]2[C@@](C)(/C=C/C=C(\C)C(=O)Nc1ccc([N+](=O)[O-])cc1)OC3=O.[Na+]. The van der Waals surface area contributed by atoms with E-state index in [1.165, 1.54) is 43.3 Å². The summed E-state index contributed by atoms with van der Waals surface area (Å²) in [6.07, 6.45) is 7.44. The van der Waals surface area contributed by atoms with Gasteiger partial charge < -0.3 is 24.7 Å². The van der Waals surface area contributed by atoms with Crippen LogP contribution in [0.5, 0.6) is 0 Å². The van der Waals surface area contributed by atoms with Crippen molar-refractivity contribution in [2.24, 2.45) is 11.3 Å². The topological polar surface area (TPSA) is 165 Å². The number of nitrogens with one attached hydrogen (secondary N) is 1. The van der Waals surface area contributed by atoms with Gasteiger partial charge in [-0.1, -0.05) is 18.2 Å². The fourth-order valence-electron chi connectivity index (χ4n) is 6.22. The molecule has 40 heavy (non-hydrogen) atoms. The molecule has 2 fully saturated rings. The predicted molar refractivity (Wildman–Crippen MR) is 136 cm³/mol. The van der Waals surface area contributed by atoms with E-state index in [-0.39, 0.29) is 60.1 Å². The first-order valence-corrected chi connectivity index (χ1v) is 12.6. The first-order chi connectivity index (χ1) is 18.3. The van der Waals surface area contributed by atoms with Gasteiger partial charge in [0.15, 0.2) is 0 Å². The molecule has 11 nitrogen and oxygen atoms in total. The standard InChI is InChI=1S/C28H30N2O9.Na/c1-17(23(32)29-20-6-8-21(9-7-20)30(36)37)5-4-13-26(3)22-12-15-27(25(35)39-26)14-10-19(24(33)34)11-16-28(22,27)38-18(2)31;/h4-10,13,22H,11-12,14-16H2,1-3H3,(H,29,32)(H,33,34);/q;+1/p-1/b13-4+,17-5+;/t22-,26+,27+,28-;/m0./s1. The van der Waals surface area contributed by atoms with Gasteiger partial charge in [-0.3, -0.25) is 24.5 Å². The molecule has 4 atom stereocenters. The number of carbonyl (C=O) groups is 4. The summed E-state index contributed by atoms with van der Waals surface area (Å²) in [7, 11) is 0. The molecule has 0 spiro atoms. The van der Waals surface area contributed by atoms with Gasteiger partial charge in [0.2, 0.25) is 0 Å². The number of amides is 1. The summed E-state index contributed by atoms with van der Waals surface area (Å²) in [5.74, 6) is -3.32. The van der Waals surface area contributed by atoms with Crippen molar-refractivity contribution < 1.29 is 68.2 Å². The molecule has 1 aliphatic heterocycles. The van der Waals surface area contributed by atoms with Crippen molar-refractivity contribution in [2.75, 3.05) is 5.32 Å². The molecule has 1 saturated heterocycles. The molecule has 12 heteroatoms. The molecule has 1 N–H and O–H groups in total. The van der Waals surface area contributed by atoms with Crippen molar-refractivity contribution >= 4 is 35.2 Å². The Morgan fingerprint density at radius 3 is 2.45 bits per heavy atom. The second kappa shape index (κ2) is 11.7. The van der Waals surface area contributed by atoms with Gasteiger partial charge in [-0.15, -0.1) is 0 Å². The summed E-state index contributed by atoms with van der Waals surface area (Å²) in [6.45, 7) is 4.56. The molecule has 1 saturated carbocycles. The molecule has 2 bridgehead atoms. The third-order valence-corrected chi connectivity index (χ3v) is 8.15. The number of nitrogens with zero attached hydrogens (tertiary/aromatic N) is 1. The van der Waals surface area contributed by atoms with Crippen molar-refractivity contribution in [3.05, 3.63) is 69.8 Å². The molecule has 2 aliphatic carbocycles. The molecular weight excluding hydrogens is 531 g/mol. The number of hydrogen-bond donors (Lipinski definition) is 1. The van der Waals surface area contributed by atoms with Crippen molar-refractivity contribution in [1.29, 1.82) is 0 Å². The number of nitro benzene ring substituents is 1. The summed E-state index contributed by atoms with van der Waals surface area (Å²) >= 11 is 0. The van der Waals surface area contributed by atoms with Crippen LogP contribution in [0.1, 0.15) is 52.9 Å². The van der Waals surface area contributed by atoms with Crippen LogP contribution >= 0.6 is 0 Å². The zero-order valence-corrected chi connectivity index (χ0v) is 24.9. The van der Waals surface area contributed by atoms with E-state index in [0.717, 1.165) is 0 Å². The summed E-state index contributed by atoms with van der Waals surface area (Å²) in [6, 6.07) is 5.42. The Hall–Kier alpha value is -3.28. The molecule has 0 unspecified atom stereocenters. The van der Waals surface area contributed by atoms with Crippen LogP contribution < -0.4 is 40.0 Å². The molecule has 4 rings (SSSR count). The number of carboxylic acids is 1.